The predicted octanol–water partition coefficient (Wildman–Crippen LogP) is -0.812. The van der Waals surface area contributed by atoms with Gasteiger partial charge in [-0.2, -0.15) is 0 Å². The van der Waals surface area contributed by atoms with Gasteiger partial charge in [0.15, 0.2) is 18.9 Å². The molecular formula is C23H34O11. The summed E-state index contributed by atoms with van der Waals surface area (Å²) in [5, 5.41) is 52.3. The highest BCUT2D eigenvalue weighted by Gasteiger charge is 2.53. The standard InChI is InChI=1S/C23H34O11/c1-2-3-9-29-22-17(27)15(25)19(13(10-24)31-22)34-23-18(28)16(26)20-14(32-23)11-30-21(33-20)12-7-5-4-6-8-12/h4-8,13-28H,2-3,9-11H2,1H3/t13?,14?,15?,16?,17-,18-,19+,20-,21?,22+,23-/m0/s1. The fraction of sp³-hybridized carbons (Fsp3) is 0.739. The molecular weight excluding hydrogens is 452 g/mol. The van der Waals surface area contributed by atoms with Crippen molar-refractivity contribution in [1.82, 2.24) is 0 Å². The molecule has 1 aromatic rings. The van der Waals surface area contributed by atoms with E-state index in [4.69, 9.17) is 28.4 Å². The molecule has 0 aromatic heterocycles. The van der Waals surface area contributed by atoms with Crippen molar-refractivity contribution in [3.05, 3.63) is 35.9 Å². The minimum atomic E-state index is -1.53. The van der Waals surface area contributed by atoms with Crippen LogP contribution in [0.15, 0.2) is 30.3 Å². The molecule has 0 aliphatic carbocycles. The largest absolute Gasteiger partial charge is 0.394 e. The second kappa shape index (κ2) is 11.7. The molecule has 11 atom stereocenters. The zero-order valence-electron chi connectivity index (χ0n) is 19.0. The number of hydrogen-bond donors (Lipinski definition) is 5. The van der Waals surface area contributed by atoms with Crippen LogP contribution in [0.2, 0.25) is 0 Å². The number of benzene rings is 1. The van der Waals surface area contributed by atoms with Gasteiger partial charge in [-0.1, -0.05) is 43.7 Å². The molecule has 3 aliphatic rings. The quantitative estimate of drug-likeness (QED) is 0.293. The smallest absolute Gasteiger partial charge is 0.187 e. The van der Waals surface area contributed by atoms with Gasteiger partial charge in [-0.05, 0) is 6.42 Å². The molecule has 3 heterocycles. The highest BCUT2D eigenvalue weighted by molar-refractivity contribution is 5.16. The van der Waals surface area contributed by atoms with Gasteiger partial charge in [0.05, 0.1) is 13.2 Å². The van der Waals surface area contributed by atoms with Gasteiger partial charge in [0.25, 0.3) is 0 Å². The number of unbranched alkanes of at least 4 members (excludes halogenated alkanes) is 1. The lowest BCUT2D eigenvalue weighted by Crippen LogP contribution is -2.65. The van der Waals surface area contributed by atoms with Crippen LogP contribution in [0.4, 0.5) is 0 Å². The summed E-state index contributed by atoms with van der Waals surface area (Å²) >= 11 is 0. The summed E-state index contributed by atoms with van der Waals surface area (Å²) in [6, 6.07) is 9.19. The van der Waals surface area contributed by atoms with Crippen LogP contribution in [0.25, 0.3) is 0 Å². The maximum Gasteiger partial charge on any atom is 0.187 e. The Kier molecular flexibility index (Phi) is 8.88. The zero-order valence-corrected chi connectivity index (χ0v) is 19.0. The summed E-state index contributed by atoms with van der Waals surface area (Å²) in [6.45, 7) is 1.83. The van der Waals surface area contributed by atoms with E-state index in [1.807, 2.05) is 37.3 Å². The van der Waals surface area contributed by atoms with Crippen molar-refractivity contribution in [3.63, 3.8) is 0 Å². The molecule has 34 heavy (non-hydrogen) atoms. The number of rotatable bonds is 8. The Labute approximate surface area is 197 Å². The molecule has 0 radical (unpaired) electrons. The predicted molar refractivity (Wildman–Crippen MR) is 114 cm³/mol. The number of fused-ring (bicyclic) bond motifs is 1. The second-order valence-electron chi connectivity index (χ2n) is 8.73. The number of aliphatic hydroxyl groups excluding tert-OH is 5. The van der Waals surface area contributed by atoms with E-state index in [0.29, 0.717) is 6.61 Å². The fourth-order valence-corrected chi connectivity index (χ4v) is 4.33. The van der Waals surface area contributed by atoms with Crippen molar-refractivity contribution in [2.24, 2.45) is 0 Å². The Morgan fingerprint density at radius 2 is 1.65 bits per heavy atom. The van der Waals surface area contributed by atoms with Crippen LogP contribution in [-0.2, 0) is 28.4 Å². The van der Waals surface area contributed by atoms with Gasteiger partial charge in [-0.15, -0.1) is 0 Å². The summed E-state index contributed by atoms with van der Waals surface area (Å²) < 4.78 is 34.2. The molecule has 0 spiro atoms. The van der Waals surface area contributed by atoms with E-state index in [-0.39, 0.29) is 6.61 Å². The monoisotopic (exact) mass is 486 g/mol. The highest BCUT2D eigenvalue weighted by atomic mass is 16.8. The van der Waals surface area contributed by atoms with Crippen molar-refractivity contribution in [1.29, 1.82) is 0 Å². The number of aliphatic hydroxyl groups is 5. The van der Waals surface area contributed by atoms with E-state index < -0.39 is 74.3 Å². The van der Waals surface area contributed by atoms with Gasteiger partial charge in [0, 0.05) is 12.2 Å². The van der Waals surface area contributed by atoms with Crippen LogP contribution in [0, 0.1) is 0 Å². The highest BCUT2D eigenvalue weighted by Crippen LogP contribution is 2.36. The molecule has 0 bridgehead atoms. The summed E-state index contributed by atoms with van der Waals surface area (Å²) in [7, 11) is 0. The molecule has 3 saturated heterocycles. The Morgan fingerprint density at radius 3 is 2.35 bits per heavy atom. The molecule has 11 heteroatoms. The first-order valence-corrected chi connectivity index (χ1v) is 11.7. The van der Waals surface area contributed by atoms with Crippen LogP contribution in [-0.4, -0.2) is 107 Å². The van der Waals surface area contributed by atoms with E-state index >= 15 is 0 Å². The lowest BCUT2D eigenvalue weighted by Gasteiger charge is -2.48. The Hall–Kier alpha value is -1.22. The van der Waals surface area contributed by atoms with Crippen molar-refractivity contribution >= 4 is 0 Å². The molecule has 5 N–H and O–H groups in total. The molecule has 5 unspecified atom stereocenters. The number of ether oxygens (including phenoxy) is 6. The third kappa shape index (κ3) is 5.45. The van der Waals surface area contributed by atoms with Crippen molar-refractivity contribution in [2.75, 3.05) is 19.8 Å². The summed E-state index contributed by atoms with van der Waals surface area (Å²) in [5.74, 6) is 0. The molecule has 1 aromatic carbocycles. The van der Waals surface area contributed by atoms with E-state index in [2.05, 4.69) is 0 Å². The summed E-state index contributed by atoms with van der Waals surface area (Å²) in [4.78, 5) is 0. The van der Waals surface area contributed by atoms with Gasteiger partial charge in [0.2, 0.25) is 0 Å². The van der Waals surface area contributed by atoms with E-state index in [0.717, 1.165) is 18.4 Å². The normalized spacial score (nSPS) is 42.8. The van der Waals surface area contributed by atoms with Crippen LogP contribution in [0.5, 0.6) is 0 Å². The topological polar surface area (TPSA) is 157 Å². The molecule has 0 saturated carbocycles. The van der Waals surface area contributed by atoms with Gasteiger partial charge in [-0.3, -0.25) is 0 Å². The van der Waals surface area contributed by atoms with Crippen LogP contribution < -0.4 is 0 Å². The Morgan fingerprint density at radius 1 is 0.912 bits per heavy atom. The maximum atomic E-state index is 10.7. The van der Waals surface area contributed by atoms with Crippen LogP contribution in [0.1, 0.15) is 31.6 Å². The molecule has 192 valence electrons. The third-order valence-electron chi connectivity index (χ3n) is 6.30. The lowest BCUT2D eigenvalue weighted by atomic mass is 9.96. The average molecular weight is 487 g/mol. The van der Waals surface area contributed by atoms with Gasteiger partial charge in [-0.25, -0.2) is 0 Å². The maximum absolute atomic E-state index is 10.7. The minimum Gasteiger partial charge on any atom is -0.394 e. The van der Waals surface area contributed by atoms with Gasteiger partial charge >= 0.3 is 0 Å². The van der Waals surface area contributed by atoms with Crippen molar-refractivity contribution in [3.8, 4) is 0 Å². The zero-order chi connectivity index (χ0) is 24.2. The molecule has 11 nitrogen and oxygen atoms in total. The lowest BCUT2D eigenvalue weighted by molar-refractivity contribution is -0.385. The van der Waals surface area contributed by atoms with Gasteiger partial charge < -0.3 is 54.0 Å². The number of hydrogen-bond acceptors (Lipinski definition) is 11. The molecule has 3 fully saturated rings. The first-order chi connectivity index (χ1) is 16.4. The fourth-order valence-electron chi connectivity index (χ4n) is 4.33. The minimum absolute atomic E-state index is 0.0665. The summed E-state index contributed by atoms with van der Waals surface area (Å²) in [5.41, 5.74) is 0.763. The van der Waals surface area contributed by atoms with E-state index in [9.17, 15) is 25.5 Å². The first kappa shape index (κ1) is 25.9. The second-order valence-corrected chi connectivity index (χ2v) is 8.73. The summed E-state index contributed by atoms with van der Waals surface area (Å²) in [6.07, 6.45) is -11.4. The van der Waals surface area contributed by atoms with Crippen LogP contribution in [0.3, 0.4) is 0 Å². The molecule has 4 rings (SSSR count). The van der Waals surface area contributed by atoms with E-state index in [1.54, 1.807) is 0 Å². The van der Waals surface area contributed by atoms with Crippen LogP contribution >= 0.6 is 0 Å². The van der Waals surface area contributed by atoms with Crippen molar-refractivity contribution in [2.45, 2.75) is 87.5 Å². The average Bonchev–Trinajstić information content (AvgIpc) is 2.86. The Balaban J connectivity index is 1.40. The molecule has 3 aliphatic heterocycles. The van der Waals surface area contributed by atoms with Gasteiger partial charge in [0.1, 0.15) is 48.8 Å². The molecule has 0 amide bonds. The Bertz CT molecular complexity index is 748. The SMILES string of the molecule is CCCCO[C@@H]1OC(CO)[C@@H](O[C@@H]2OC3COC(c4ccccc4)O[C@@H]3C(O)[C@@H]2O)C(O)[C@@H]1O. The van der Waals surface area contributed by atoms with E-state index in [1.165, 1.54) is 0 Å². The third-order valence-corrected chi connectivity index (χ3v) is 6.30. The van der Waals surface area contributed by atoms with Crippen molar-refractivity contribution < 1.29 is 54.0 Å². The first-order valence-electron chi connectivity index (χ1n) is 11.7.